The maximum atomic E-state index is 9.73. The molecule has 0 spiro atoms. The molecule has 4 heteroatoms. The number of benzene rings is 2. The molecule has 0 unspecified atom stereocenters. The summed E-state index contributed by atoms with van der Waals surface area (Å²) >= 11 is 5.86. The van der Waals surface area contributed by atoms with E-state index in [1.165, 1.54) is 12.3 Å². The number of rotatable bonds is 3. The van der Waals surface area contributed by atoms with E-state index in [0.717, 1.165) is 12.0 Å². The van der Waals surface area contributed by atoms with Gasteiger partial charge in [0.15, 0.2) is 0 Å². The second kappa shape index (κ2) is 5.76. The van der Waals surface area contributed by atoms with Gasteiger partial charge in [0.25, 0.3) is 0 Å². The Balaban J connectivity index is 2.34. The second-order valence-corrected chi connectivity index (χ2v) is 4.57. The molecular formula is C15H14ClNO2. The number of phenols is 2. The molecule has 0 radical (unpaired) electrons. The van der Waals surface area contributed by atoms with E-state index in [2.05, 4.69) is 4.99 Å². The zero-order valence-corrected chi connectivity index (χ0v) is 11.2. The van der Waals surface area contributed by atoms with Crippen LogP contribution in [0.2, 0.25) is 5.02 Å². The zero-order chi connectivity index (χ0) is 13.8. The van der Waals surface area contributed by atoms with Crippen LogP contribution < -0.4 is 0 Å². The first-order valence-corrected chi connectivity index (χ1v) is 6.32. The fourth-order valence-electron chi connectivity index (χ4n) is 1.66. The van der Waals surface area contributed by atoms with Gasteiger partial charge in [-0.2, -0.15) is 0 Å². The normalized spacial score (nSPS) is 11.1. The van der Waals surface area contributed by atoms with E-state index in [-0.39, 0.29) is 11.5 Å². The van der Waals surface area contributed by atoms with Crippen molar-refractivity contribution in [3.8, 4) is 11.5 Å². The Morgan fingerprint density at radius 1 is 1.11 bits per heavy atom. The molecule has 0 aromatic heterocycles. The number of nitrogens with zero attached hydrogens (tertiary/aromatic N) is 1. The molecular weight excluding hydrogens is 262 g/mol. The first-order valence-electron chi connectivity index (χ1n) is 5.94. The van der Waals surface area contributed by atoms with Gasteiger partial charge in [-0.3, -0.25) is 4.99 Å². The average molecular weight is 276 g/mol. The topological polar surface area (TPSA) is 52.8 Å². The van der Waals surface area contributed by atoms with Crippen molar-refractivity contribution in [1.82, 2.24) is 0 Å². The summed E-state index contributed by atoms with van der Waals surface area (Å²) in [6, 6.07) is 10.00. The monoisotopic (exact) mass is 275 g/mol. The minimum Gasteiger partial charge on any atom is -0.507 e. The molecule has 19 heavy (non-hydrogen) atoms. The summed E-state index contributed by atoms with van der Waals surface area (Å²) in [4.78, 5) is 4.19. The van der Waals surface area contributed by atoms with Crippen molar-refractivity contribution >= 4 is 23.5 Å². The Hall–Kier alpha value is -2.00. The van der Waals surface area contributed by atoms with Gasteiger partial charge in [-0.1, -0.05) is 24.6 Å². The van der Waals surface area contributed by atoms with E-state index in [4.69, 9.17) is 11.6 Å². The van der Waals surface area contributed by atoms with Crippen molar-refractivity contribution in [3.63, 3.8) is 0 Å². The van der Waals surface area contributed by atoms with Crippen LogP contribution in [0.4, 0.5) is 5.69 Å². The minimum absolute atomic E-state index is 0.0966. The number of phenolic OH excluding ortho intramolecular Hbond substituents is 2. The van der Waals surface area contributed by atoms with Gasteiger partial charge in [0.1, 0.15) is 17.2 Å². The highest BCUT2D eigenvalue weighted by atomic mass is 35.5. The number of hydrogen-bond donors (Lipinski definition) is 2. The molecule has 0 amide bonds. The van der Waals surface area contributed by atoms with Gasteiger partial charge in [-0.15, -0.1) is 0 Å². The highest BCUT2D eigenvalue weighted by Crippen LogP contribution is 2.28. The SMILES string of the molecule is CCc1ccc(O)c(N=Cc2cc(Cl)ccc2O)c1. The van der Waals surface area contributed by atoms with Gasteiger partial charge >= 0.3 is 0 Å². The maximum Gasteiger partial charge on any atom is 0.141 e. The number of aryl methyl sites for hydroxylation is 1. The lowest BCUT2D eigenvalue weighted by molar-refractivity contribution is 0.474. The van der Waals surface area contributed by atoms with Crippen LogP contribution >= 0.6 is 11.6 Å². The third kappa shape index (κ3) is 3.26. The predicted octanol–water partition coefficient (Wildman–Crippen LogP) is 4.06. The second-order valence-electron chi connectivity index (χ2n) is 4.14. The molecule has 98 valence electrons. The van der Waals surface area contributed by atoms with E-state index in [1.54, 1.807) is 18.2 Å². The third-order valence-electron chi connectivity index (χ3n) is 2.78. The predicted molar refractivity (Wildman–Crippen MR) is 77.9 cm³/mol. The first kappa shape index (κ1) is 13.4. The summed E-state index contributed by atoms with van der Waals surface area (Å²) in [7, 11) is 0. The number of halogens is 1. The lowest BCUT2D eigenvalue weighted by Gasteiger charge is -2.03. The molecule has 0 aliphatic heterocycles. The highest BCUT2D eigenvalue weighted by Gasteiger charge is 2.02. The number of aromatic hydroxyl groups is 2. The van der Waals surface area contributed by atoms with Crippen molar-refractivity contribution in [1.29, 1.82) is 0 Å². The Bertz CT molecular complexity index is 624. The molecule has 0 atom stereocenters. The van der Waals surface area contributed by atoms with Crippen molar-refractivity contribution in [2.45, 2.75) is 13.3 Å². The van der Waals surface area contributed by atoms with E-state index < -0.39 is 0 Å². The summed E-state index contributed by atoms with van der Waals surface area (Å²) in [5, 5.41) is 19.9. The maximum absolute atomic E-state index is 9.73. The van der Waals surface area contributed by atoms with Crippen LogP contribution in [0.25, 0.3) is 0 Å². The molecule has 0 saturated carbocycles. The largest absolute Gasteiger partial charge is 0.507 e. The zero-order valence-electron chi connectivity index (χ0n) is 10.5. The Morgan fingerprint density at radius 3 is 2.58 bits per heavy atom. The molecule has 2 aromatic rings. The van der Waals surface area contributed by atoms with Crippen LogP contribution in [0.15, 0.2) is 41.4 Å². The van der Waals surface area contributed by atoms with Crippen LogP contribution in [0, 0.1) is 0 Å². The van der Waals surface area contributed by atoms with Crippen molar-refractivity contribution < 1.29 is 10.2 Å². The van der Waals surface area contributed by atoms with Crippen LogP contribution in [0.3, 0.4) is 0 Å². The molecule has 0 heterocycles. The van der Waals surface area contributed by atoms with Gasteiger partial charge in [-0.05, 0) is 42.3 Å². The van der Waals surface area contributed by atoms with Gasteiger partial charge in [0, 0.05) is 16.8 Å². The van der Waals surface area contributed by atoms with Crippen LogP contribution in [0.1, 0.15) is 18.1 Å². The van der Waals surface area contributed by atoms with Crippen LogP contribution in [-0.2, 0) is 6.42 Å². The Kier molecular flexibility index (Phi) is 4.07. The van der Waals surface area contributed by atoms with Gasteiger partial charge in [-0.25, -0.2) is 0 Å². The van der Waals surface area contributed by atoms with Gasteiger partial charge < -0.3 is 10.2 Å². The van der Waals surface area contributed by atoms with E-state index in [9.17, 15) is 10.2 Å². The van der Waals surface area contributed by atoms with Crippen molar-refractivity contribution in [2.24, 2.45) is 4.99 Å². The fraction of sp³-hybridized carbons (Fsp3) is 0.133. The summed E-state index contributed by atoms with van der Waals surface area (Å²) in [5.74, 6) is 0.203. The van der Waals surface area contributed by atoms with E-state index in [0.29, 0.717) is 16.3 Å². The Labute approximate surface area is 116 Å². The molecule has 0 aliphatic rings. The van der Waals surface area contributed by atoms with E-state index >= 15 is 0 Å². The van der Waals surface area contributed by atoms with Crippen LogP contribution in [-0.4, -0.2) is 16.4 Å². The summed E-state index contributed by atoms with van der Waals surface area (Å²) in [6.45, 7) is 2.03. The lowest BCUT2D eigenvalue weighted by atomic mass is 10.1. The fourth-order valence-corrected chi connectivity index (χ4v) is 1.84. The molecule has 0 saturated heterocycles. The standard InChI is InChI=1S/C15H14ClNO2/c1-2-10-3-5-15(19)13(7-10)17-9-11-8-12(16)4-6-14(11)18/h3-9,18-19H,2H2,1H3. The summed E-state index contributed by atoms with van der Waals surface area (Å²) in [6.07, 6.45) is 2.35. The third-order valence-corrected chi connectivity index (χ3v) is 3.02. The molecule has 0 fully saturated rings. The van der Waals surface area contributed by atoms with Crippen molar-refractivity contribution in [2.75, 3.05) is 0 Å². The molecule has 2 N–H and O–H groups in total. The highest BCUT2D eigenvalue weighted by molar-refractivity contribution is 6.30. The first-order chi connectivity index (χ1) is 9.10. The smallest absolute Gasteiger partial charge is 0.141 e. The Morgan fingerprint density at radius 2 is 1.84 bits per heavy atom. The summed E-state index contributed by atoms with van der Waals surface area (Å²) in [5.41, 5.74) is 2.06. The quantitative estimate of drug-likeness (QED) is 0.830. The van der Waals surface area contributed by atoms with Gasteiger partial charge in [0.05, 0.1) is 0 Å². The molecule has 0 aliphatic carbocycles. The minimum atomic E-state index is 0.0966. The molecule has 0 bridgehead atoms. The van der Waals surface area contributed by atoms with E-state index in [1.807, 2.05) is 19.1 Å². The summed E-state index contributed by atoms with van der Waals surface area (Å²) < 4.78 is 0. The van der Waals surface area contributed by atoms with Crippen LogP contribution in [0.5, 0.6) is 11.5 Å². The lowest BCUT2D eigenvalue weighted by Crippen LogP contribution is -1.83. The number of aliphatic imine (C=N–C) groups is 1. The molecule has 3 nitrogen and oxygen atoms in total. The van der Waals surface area contributed by atoms with Crippen molar-refractivity contribution in [3.05, 3.63) is 52.5 Å². The number of hydrogen-bond acceptors (Lipinski definition) is 3. The average Bonchev–Trinajstić information content (AvgIpc) is 2.41. The molecule has 2 aromatic carbocycles. The molecule has 2 rings (SSSR count). The van der Waals surface area contributed by atoms with Gasteiger partial charge in [0.2, 0.25) is 0 Å².